The highest BCUT2D eigenvalue weighted by Crippen LogP contribution is 2.15. The van der Waals surface area contributed by atoms with Crippen molar-refractivity contribution in [3.63, 3.8) is 0 Å². The van der Waals surface area contributed by atoms with E-state index < -0.39 is 9.84 Å². The summed E-state index contributed by atoms with van der Waals surface area (Å²) in [7, 11) is -3.21. The summed E-state index contributed by atoms with van der Waals surface area (Å²) in [6, 6.07) is 6.08. The van der Waals surface area contributed by atoms with Crippen molar-refractivity contribution in [3.05, 3.63) is 24.3 Å². The molecule has 1 amide bonds. The van der Waals surface area contributed by atoms with Gasteiger partial charge in [-0.25, -0.2) is 8.42 Å². The molecule has 1 aromatic rings. The molecule has 0 saturated carbocycles. The number of carbonyl (C=O) groups is 1. The largest absolute Gasteiger partial charge is 0.484 e. The van der Waals surface area contributed by atoms with Gasteiger partial charge in [0.1, 0.15) is 5.75 Å². The molecule has 0 aliphatic carbocycles. The fourth-order valence-corrected chi connectivity index (χ4v) is 2.75. The highest BCUT2D eigenvalue weighted by molar-refractivity contribution is 7.90. The molecule has 0 atom stereocenters. The van der Waals surface area contributed by atoms with E-state index in [9.17, 15) is 13.2 Å². The van der Waals surface area contributed by atoms with E-state index in [0.717, 1.165) is 32.3 Å². The minimum atomic E-state index is -3.21. The molecule has 7 heteroatoms. The zero-order valence-corrected chi connectivity index (χ0v) is 12.9. The molecule has 2 rings (SSSR count). The second-order valence-corrected chi connectivity index (χ2v) is 7.03. The number of amides is 1. The maximum absolute atomic E-state index is 12.0. The maximum Gasteiger partial charge on any atom is 0.260 e. The number of carbonyl (C=O) groups excluding carboxylic acids is 1. The molecule has 1 N–H and O–H groups in total. The SMILES string of the molecule is CS(=O)(=O)c1ccc(OCC(=O)N2CCCNCC2)cc1. The van der Waals surface area contributed by atoms with Crippen LogP contribution >= 0.6 is 0 Å². The fourth-order valence-electron chi connectivity index (χ4n) is 2.11. The fraction of sp³-hybridized carbons (Fsp3) is 0.500. The quantitative estimate of drug-likeness (QED) is 0.865. The molecule has 0 spiro atoms. The molecular formula is C14H20N2O4S. The van der Waals surface area contributed by atoms with Gasteiger partial charge in [-0.3, -0.25) is 4.79 Å². The van der Waals surface area contributed by atoms with Gasteiger partial charge in [-0.2, -0.15) is 0 Å². The molecule has 1 aromatic carbocycles. The van der Waals surface area contributed by atoms with Gasteiger partial charge in [0.2, 0.25) is 0 Å². The standard InChI is InChI=1S/C14H20N2O4S/c1-21(18,19)13-5-3-12(4-6-13)20-11-14(17)16-9-2-7-15-8-10-16/h3-6,15H,2,7-11H2,1H3. The van der Waals surface area contributed by atoms with Crippen LogP contribution in [0.2, 0.25) is 0 Å². The lowest BCUT2D eigenvalue weighted by Crippen LogP contribution is -2.37. The van der Waals surface area contributed by atoms with E-state index in [1.165, 1.54) is 12.1 Å². The van der Waals surface area contributed by atoms with E-state index in [4.69, 9.17) is 4.74 Å². The summed E-state index contributed by atoms with van der Waals surface area (Å²) in [5.74, 6) is 0.439. The van der Waals surface area contributed by atoms with Gasteiger partial charge in [0, 0.05) is 25.9 Å². The number of nitrogens with zero attached hydrogens (tertiary/aromatic N) is 1. The van der Waals surface area contributed by atoms with E-state index in [1.54, 1.807) is 17.0 Å². The molecule has 116 valence electrons. The number of nitrogens with one attached hydrogen (secondary N) is 1. The Bertz CT molecular complexity index is 575. The second-order valence-electron chi connectivity index (χ2n) is 5.02. The Morgan fingerprint density at radius 2 is 1.95 bits per heavy atom. The van der Waals surface area contributed by atoms with Gasteiger partial charge in [-0.15, -0.1) is 0 Å². The van der Waals surface area contributed by atoms with Crippen molar-refractivity contribution in [2.45, 2.75) is 11.3 Å². The molecule has 6 nitrogen and oxygen atoms in total. The molecule has 0 aromatic heterocycles. The smallest absolute Gasteiger partial charge is 0.260 e. The van der Waals surface area contributed by atoms with Crippen LogP contribution in [-0.4, -0.2) is 58.3 Å². The molecule has 1 saturated heterocycles. The first kappa shape index (κ1) is 15.8. The molecule has 1 fully saturated rings. The highest BCUT2D eigenvalue weighted by atomic mass is 32.2. The lowest BCUT2D eigenvalue weighted by atomic mass is 10.3. The molecule has 1 aliphatic heterocycles. The summed E-state index contributed by atoms with van der Waals surface area (Å²) in [6.45, 7) is 3.13. The van der Waals surface area contributed by atoms with Crippen LogP contribution in [0.4, 0.5) is 0 Å². The number of ether oxygens (including phenoxy) is 1. The Kier molecular flexibility index (Phi) is 5.19. The molecule has 1 aliphatic rings. The van der Waals surface area contributed by atoms with Gasteiger partial charge in [-0.05, 0) is 37.2 Å². The zero-order valence-electron chi connectivity index (χ0n) is 12.0. The van der Waals surface area contributed by atoms with Gasteiger partial charge < -0.3 is 15.0 Å². The van der Waals surface area contributed by atoms with Gasteiger partial charge in [0.05, 0.1) is 4.90 Å². The van der Waals surface area contributed by atoms with E-state index >= 15 is 0 Å². The van der Waals surface area contributed by atoms with Gasteiger partial charge in [-0.1, -0.05) is 0 Å². The first-order chi connectivity index (χ1) is 9.97. The average molecular weight is 312 g/mol. The van der Waals surface area contributed by atoms with Crippen LogP contribution in [0, 0.1) is 0 Å². The summed E-state index contributed by atoms with van der Waals surface area (Å²) >= 11 is 0. The summed E-state index contributed by atoms with van der Waals surface area (Å²) in [6.07, 6.45) is 2.09. The summed E-state index contributed by atoms with van der Waals surface area (Å²) in [5, 5.41) is 3.23. The maximum atomic E-state index is 12.0. The first-order valence-corrected chi connectivity index (χ1v) is 8.77. The van der Waals surface area contributed by atoms with E-state index in [-0.39, 0.29) is 17.4 Å². The monoisotopic (exact) mass is 312 g/mol. The Hall–Kier alpha value is -1.60. The molecule has 0 bridgehead atoms. The van der Waals surface area contributed by atoms with Crippen molar-refractivity contribution in [2.24, 2.45) is 0 Å². The average Bonchev–Trinajstić information content (AvgIpc) is 2.73. The predicted octanol–water partition coefficient (Wildman–Crippen LogP) is 0.291. The van der Waals surface area contributed by atoms with Gasteiger partial charge >= 0.3 is 0 Å². The lowest BCUT2D eigenvalue weighted by Gasteiger charge is -2.20. The van der Waals surface area contributed by atoms with Crippen LogP contribution in [0.5, 0.6) is 5.75 Å². The lowest BCUT2D eigenvalue weighted by molar-refractivity contribution is -0.133. The van der Waals surface area contributed by atoms with Crippen molar-refractivity contribution in [1.82, 2.24) is 10.2 Å². The van der Waals surface area contributed by atoms with Gasteiger partial charge in [0.25, 0.3) is 5.91 Å². The summed E-state index contributed by atoms with van der Waals surface area (Å²) in [4.78, 5) is 14.0. The van der Waals surface area contributed by atoms with E-state index in [0.29, 0.717) is 12.3 Å². The molecule has 1 heterocycles. The number of sulfone groups is 1. The van der Waals surface area contributed by atoms with Crippen molar-refractivity contribution in [3.8, 4) is 5.75 Å². The van der Waals surface area contributed by atoms with Crippen LogP contribution in [0.1, 0.15) is 6.42 Å². The molecular weight excluding hydrogens is 292 g/mol. The topological polar surface area (TPSA) is 75.7 Å². The summed E-state index contributed by atoms with van der Waals surface area (Å²) < 4.78 is 28.1. The normalized spacial score (nSPS) is 16.3. The third-order valence-corrected chi connectivity index (χ3v) is 4.44. The first-order valence-electron chi connectivity index (χ1n) is 6.88. The third-order valence-electron chi connectivity index (χ3n) is 3.31. The second kappa shape index (κ2) is 6.91. The minimum Gasteiger partial charge on any atom is -0.484 e. The number of hydrogen-bond acceptors (Lipinski definition) is 5. The Morgan fingerprint density at radius 1 is 1.24 bits per heavy atom. The van der Waals surface area contributed by atoms with Crippen molar-refractivity contribution in [2.75, 3.05) is 39.0 Å². The van der Waals surface area contributed by atoms with Crippen LogP contribution in [0.15, 0.2) is 29.2 Å². The van der Waals surface area contributed by atoms with Gasteiger partial charge in [0.15, 0.2) is 16.4 Å². The third kappa shape index (κ3) is 4.71. The molecule has 21 heavy (non-hydrogen) atoms. The Labute approximate surface area is 125 Å². The van der Waals surface area contributed by atoms with Crippen LogP contribution in [0.25, 0.3) is 0 Å². The minimum absolute atomic E-state index is 0.0295. The van der Waals surface area contributed by atoms with E-state index in [2.05, 4.69) is 5.32 Å². The Balaban J connectivity index is 1.89. The van der Waals surface area contributed by atoms with E-state index in [1.807, 2.05) is 0 Å². The predicted molar refractivity (Wildman–Crippen MR) is 79.1 cm³/mol. The van der Waals surface area contributed by atoms with Crippen LogP contribution in [-0.2, 0) is 14.6 Å². The van der Waals surface area contributed by atoms with Crippen molar-refractivity contribution < 1.29 is 17.9 Å². The summed E-state index contributed by atoms with van der Waals surface area (Å²) in [5.41, 5.74) is 0. The van der Waals surface area contributed by atoms with Crippen LogP contribution in [0.3, 0.4) is 0 Å². The van der Waals surface area contributed by atoms with Crippen molar-refractivity contribution >= 4 is 15.7 Å². The molecule has 0 unspecified atom stereocenters. The zero-order chi connectivity index (χ0) is 15.3. The number of hydrogen-bond donors (Lipinski definition) is 1. The highest BCUT2D eigenvalue weighted by Gasteiger charge is 2.15. The van der Waals surface area contributed by atoms with Crippen molar-refractivity contribution in [1.29, 1.82) is 0 Å². The van der Waals surface area contributed by atoms with Crippen LogP contribution < -0.4 is 10.1 Å². The molecule has 0 radical (unpaired) electrons. The Morgan fingerprint density at radius 3 is 2.62 bits per heavy atom. The number of rotatable bonds is 4. The number of benzene rings is 1.